The fourth-order valence-corrected chi connectivity index (χ4v) is 1.67. The molecule has 0 saturated carbocycles. The third-order valence-corrected chi connectivity index (χ3v) is 3.73. The Morgan fingerprint density at radius 1 is 1.30 bits per heavy atom. The first kappa shape index (κ1) is 16.5. The Balaban J connectivity index is 2.48. The molecule has 20 heavy (non-hydrogen) atoms. The average molecular weight is 279 g/mol. The molecular weight excluding hydrogens is 254 g/mol. The summed E-state index contributed by atoms with van der Waals surface area (Å²) in [6, 6.07) is 5.89. The topological polar surface area (TPSA) is 49.8 Å². The summed E-state index contributed by atoms with van der Waals surface area (Å²) in [7, 11) is 1.70. The SMILES string of the molecule is Cc1ccc(OCCC(=O)N(C)C(C)(C)CO)cc1C. The molecule has 0 atom stereocenters. The van der Waals surface area contributed by atoms with Crippen molar-refractivity contribution in [2.75, 3.05) is 20.3 Å². The van der Waals surface area contributed by atoms with Crippen molar-refractivity contribution < 1.29 is 14.6 Å². The molecule has 0 radical (unpaired) electrons. The fraction of sp³-hybridized carbons (Fsp3) is 0.562. The number of aliphatic hydroxyl groups is 1. The van der Waals surface area contributed by atoms with Crippen LogP contribution in [-0.2, 0) is 4.79 Å². The van der Waals surface area contributed by atoms with E-state index in [-0.39, 0.29) is 12.5 Å². The van der Waals surface area contributed by atoms with Gasteiger partial charge < -0.3 is 14.7 Å². The van der Waals surface area contributed by atoms with E-state index >= 15 is 0 Å². The lowest BCUT2D eigenvalue weighted by molar-refractivity contribution is -0.136. The summed E-state index contributed by atoms with van der Waals surface area (Å²) in [4.78, 5) is 13.6. The summed E-state index contributed by atoms with van der Waals surface area (Å²) in [5.41, 5.74) is 1.85. The zero-order valence-corrected chi connectivity index (χ0v) is 13.1. The Morgan fingerprint density at radius 2 is 1.95 bits per heavy atom. The number of nitrogens with zero attached hydrogens (tertiary/aromatic N) is 1. The van der Waals surface area contributed by atoms with E-state index in [1.807, 2.05) is 39.0 Å². The van der Waals surface area contributed by atoms with Gasteiger partial charge in [0.05, 0.1) is 25.2 Å². The molecule has 4 nitrogen and oxygen atoms in total. The quantitative estimate of drug-likeness (QED) is 0.869. The van der Waals surface area contributed by atoms with Crippen LogP contribution < -0.4 is 4.74 Å². The van der Waals surface area contributed by atoms with E-state index in [4.69, 9.17) is 4.74 Å². The van der Waals surface area contributed by atoms with Gasteiger partial charge in [0.15, 0.2) is 0 Å². The molecule has 112 valence electrons. The van der Waals surface area contributed by atoms with Gasteiger partial charge >= 0.3 is 0 Å². The first-order chi connectivity index (χ1) is 9.27. The van der Waals surface area contributed by atoms with Crippen molar-refractivity contribution in [2.45, 2.75) is 39.7 Å². The van der Waals surface area contributed by atoms with E-state index in [2.05, 4.69) is 6.92 Å². The molecule has 0 aliphatic heterocycles. The third kappa shape index (κ3) is 4.23. The van der Waals surface area contributed by atoms with E-state index in [0.717, 1.165) is 5.75 Å². The van der Waals surface area contributed by atoms with Gasteiger partial charge in [0, 0.05) is 7.05 Å². The highest BCUT2D eigenvalue weighted by Crippen LogP contribution is 2.17. The van der Waals surface area contributed by atoms with Crippen LogP contribution in [0.4, 0.5) is 0 Å². The van der Waals surface area contributed by atoms with Crippen molar-refractivity contribution in [3.05, 3.63) is 29.3 Å². The molecule has 1 N–H and O–H groups in total. The van der Waals surface area contributed by atoms with Crippen LogP contribution in [0.15, 0.2) is 18.2 Å². The van der Waals surface area contributed by atoms with Crippen molar-refractivity contribution in [3.8, 4) is 5.75 Å². The molecular formula is C16H25NO3. The molecule has 0 spiro atoms. The third-order valence-electron chi connectivity index (χ3n) is 3.73. The highest BCUT2D eigenvalue weighted by Gasteiger charge is 2.26. The molecule has 1 aromatic rings. The van der Waals surface area contributed by atoms with Gasteiger partial charge in [0.2, 0.25) is 5.91 Å². The van der Waals surface area contributed by atoms with Crippen LogP contribution in [0.3, 0.4) is 0 Å². The first-order valence-corrected chi connectivity index (χ1v) is 6.85. The number of carbonyl (C=O) groups is 1. The lowest BCUT2D eigenvalue weighted by atomic mass is 10.0. The molecule has 1 aromatic carbocycles. The van der Waals surface area contributed by atoms with Crippen molar-refractivity contribution in [1.29, 1.82) is 0 Å². The number of amides is 1. The van der Waals surface area contributed by atoms with Crippen LogP contribution in [0.2, 0.25) is 0 Å². The second-order valence-electron chi connectivity index (χ2n) is 5.77. The van der Waals surface area contributed by atoms with Gasteiger partial charge in [-0.2, -0.15) is 0 Å². The standard InChI is InChI=1S/C16H25NO3/c1-12-6-7-14(10-13(12)2)20-9-8-15(19)17(5)16(3,4)11-18/h6-7,10,18H,8-9,11H2,1-5H3. The maximum Gasteiger partial charge on any atom is 0.226 e. The fourth-order valence-electron chi connectivity index (χ4n) is 1.67. The van der Waals surface area contributed by atoms with Gasteiger partial charge in [-0.25, -0.2) is 0 Å². The Hall–Kier alpha value is -1.55. The summed E-state index contributed by atoms with van der Waals surface area (Å²) < 4.78 is 5.60. The molecule has 1 rings (SSSR count). The normalized spacial score (nSPS) is 11.3. The second-order valence-corrected chi connectivity index (χ2v) is 5.77. The van der Waals surface area contributed by atoms with E-state index in [1.54, 1.807) is 11.9 Å². The molecule has 1 amide bonds. The summed E-state index contributed by atoms with van der Waals surface area (Å²) >= 11 is 0. The zero-order chi connectivity index (χ0) is 15.3. The number of rotatable bonds is 6. The lowest BCUT2D eigenvalue weighted by Gasteiger charge is -2.34. The van der Waals surface area contributed by atoms with Crippen molar-refractivity contribution in [3.63, 3.8) is 0 Å². The highest BCUT2D eigenvalue weighted by molar-refractivity contribution is 5.76. The predicted octanol–water partition coefficient (Wildman–Crippen LogP) is 2.30. The summed E-state index contributed by atoms with van der Waals surface area (Å²) in [6.45, 7) is 8.02. The van der Waals surface area contributed by atoms with Crippen LogP contribution in [0.1, 0.15) is 31.4 Å². The molecule has 0 saturated heterocycles. The number of aryl methyl sites for hydroxylation is 2. The molecule has 0 heterocycles. The second kappa shape index (κ2) is 6.75. The van der Waals surface area contributed by atoms with Gasteiger partial charge in [-0.1, -0.05) is 6.07 Å². The molecule has 0 fully saturated rings. The first-order valence-electron chi connectivity index (χ1n) is 6.85. The summed E-state index contributed by atoms with van der Waals surface area (Å²) in [6.07, 6.45) is 0.298. The van der Waals surface area contributed by atoms with Crippen molar-refractivity contribution >= 4 is 5.91 Å². The van der Waals surface area contributed by atoms with Gasteiger partial charge in [0.25, 0.3) is 0 Å². The van der Waals surface area contributed by atoms with E-state index in [9.17, 15) is 9.90 Å². The molecule has 0 bridgehead atoms. The van der Waals surface area contributed by atoms with Gasteiger partial charge in [-0.05, 0) is 51.0 Å². The smallest absolute Gasteiger partial charge is 0.226 e. The average Bonchev–Trinajstić information content (AvgIpc) is 2.41. The van der Waals surface area contributed by atoms with E-state index in [0.29, 0.717) is 13.0 Å². The number of hydrogen-bond donors (Lipinski definition) is 1. The van der Waals surface area contributed by atoms with Crippen molar-refractivity contribution in [2.24, 2.45) is 0 Å². The highest BCUT2D eigenvalue weighted by atomic mass is 16.5. The molecule has 0 aromatic heterocycles. The predicted molar refractivity (Wildman–Crippen MR) is 80.0 cm³/mol. The molecule has 4 heteroatoms. The van der Waals surface area contributed by atoms with Gasteiger partial charge in [-0.15, -0.1) is 0 Å². The van der Waals surface area contributed by atoms with E-state index < -0.39 is 5.54 Å². The Morgan fingerprint density at radius 3 is 2.50 bits per heavy atom. The van der Waals surface area contributed by atoms with Crippen molar-refractivity contribution in [1.82, 2.24) is 4.90 Å². The number of ether oxygens (including phenoxy) is 1. The lowest BCUT2D eigenvalue weighted by Crippen LogP contribution is -2.47. The summed E-state index contributed by atoms with van der Waals surface area (Å²) in [5, 5.41) is 9.25. The number of carbonyl (C=O) groups excluding carboxylic acids is 1. The minimum Gasteiger partial charge on any atom is -0.493 e. The van der Waals surface area contributed by atoms with Gasteiger partial charge in [-0.3, -0.25) is 4.79 Å². The Kier molecular flexibility index (Phi) is 5.57. The van der Waals surface area contributed by atoms with Gasteiger partial charge in [0.1, 0.15) is 5.75 Å². The molecule has 0 unspecified atom stereocenters. The maximum absolute atomic E-state index is 12.0. The van der Waals surface area contributed by atoms with Crippen LogP contribution in [0.25, 0.3) is 0 Å². The van der Waals surface area contributed by atoms with Crippen LogP contribution in [0.5, 0.6) is 5.75 Å². The largest absolute Gasteiger partial charge is 0.493 e. The minimum atomic E-state index is -0.544. The number of aliphatic hydroxyl groups excluding tert-OH is 1. The Labute approximate surface area is 121 Å². The van der Waals surface area contributed by atoms with Crippen LogP contribution in [-0.4, -0.2) is 41.7 Å². The van der Waals surface area contributed by atoms with Crippen LogP contribution in [0, 0.1) is 13.8 Å². The molecule has 0 aliphatic carbocycles. The monoisotopic (exact) mass is 279 g/mol. The zero-order valence-electron chi connectivity index (χ0n) is 13.1. The minimum absolute atomic E-state index is 0.0344. The van der Waals surface area contributed by atoms with E-state index in [1.165, 1.54) is 11.1 Å². The number of likely N-dealkylation sites (N-methyl/N-ethyl adjacent to an activating group) is 1. The number of benzene rings is 1. The number of hydrogen-bond acceptors (Lipinski definition) is 3. The van der Waals surface area contributed by atoms with Crippen LogP contribution >= 0.6 is 0 Å². The Bertz CT molecular complexity index is 469. The maximum atomic E-state index is 12.0. The molecule has 0 aliphatic rings. The summed E-state index contributed by atoms with van der Waals surface area (Å²) in [5.74, 6) is 0.748.